The molecular formula is C20H32IN3O3. The smallest absolute Gasteiger partial charge is 0.310 e. The maximum absolute atomic E-state index is 11.5. The molecule has 1 aliphatic rings. The van der Waals surface area contributed by atoms with Crippen LogP contribution in [0.4, 0.5) is 0 Å². The summed E-state index contributed by atoms with van der Waals surface area (Å²) in [5.41, 5.74) is 1.20. The van der Waals surface area contributed by atoms with Crippen LogP contribution in [0, 0.1) is 11.8 Å². The Morgan fingerprint density at radius 3 is 2.78 bits per heavy atom. The largest absolute Gasteiger partial charge is 0.469 e. The van der Waals surface area contributed by atoms with Gasteiger partial charge in [-0.05, 0) is 18.9 Å². The molecule has 6 nitrogen and oxygen atoms in total. The summed E-state index contributed by atoms with van der Waals surface area (Å²) >= 11 is 0. The number of benzene rings is 1. The number of esters is 1. The van der Waals surface area contributed by atoms with Crippen molar-refractivity contribution in [3.8, 4) is 0 Å². The molecule has 7 heteroatoms. The summed E-state index contributed by atoms with van der Waals surface area (Å²) in [7, 11) is 1.41. The van der Waals surface area contributed by atoms with Gasteiger partial charge < -0.3 is 19.7 Å². The van der Waals surface area contributed by atoms with Crippen molar-refractivity contribution < 1.29 is 14.3 Å². The van der Waals surface area contributed by atoms with E-state index in [4.69, 9.17) is 9.47 Å². The Balaban J connectivity index is 0.00000364. The first-order valence-electron chi connectivity index (χ1n) is 9.36. The number of nitrogens with zero attached hydrogens (tertiary/aromatic N) is 2. The lowest BCUT2D eigenvalue weighted by Gasteiger charge is -2.22. The van der Waals surface area contributed by atoms with Crippen LogP contribution in [0.3, 0.4) is 0 Å². The van der Waals surface area contributed by atoms with E-state index in [1.807, 2.05) is 25.1 Å². The molecule has 1 aromatic carbocycles. The lowest BCUT2D eigenvalue weighted by molar-refractivity contribution is -0.144. The van der Waals surface area contributed by atoms with Gasteiger partial charge in [-0.15, -0.1) is 24.0 Å². The van der Waals surface area contributed by atoms with Crippen molar-refractivity contribution in [2.45, 2.75) is 26.9 Å². The van der Waals surface area contributed by atoms with Crippen molar-refractivity contribution in [3.63, 3.8) is 0 Å². The molecule has 0 radical (unpaired) electrons. The third-order valence-electron chi connectivity index (χ3n) is 4.50. The molecular weight excluding hydrogens is 457 g/mol. The summed E-state index contributed by atoms with van der Waals surface area (Å²) < 4.78 is 10.7. The molecule has 0 aliphatic carbocycles. The minimum atomic E-state index is -0.235. The minimum absolute atomic E-state index is 0. The van der Waals surface area contributed by atoms with Gasteiger partial charge in [0.1, 0.15) is 0 Å². The fourth-order valence-corrected chi connectivity index (χ4v) is 3.00. The number of hydrogen-bond donors (Lipinski definition) is 1. The predicted molar refractivity (Wildman–Crippen MR) is 118 cm³/mol. The van der Waals surface area contributed by atoms with Crippen LogP contribution in [0.5, 0.6) is 0 Å². The van der Waals surface area contributed by atoms with Crippen molar-refractivity contribution in [1.29, 1.82) is 0 Å². The molecule has 1 aliphatic heterocycles. The second-order valence-corrected chi connectivity index (χ2v) is 6.72. The van der Waals surface area contributed by atoms with Crippen molar-refractivity contribution in [2.75, 3.05) is 39.9 Å². The van der Waals surface area contributed by atoms with E-state index in [0.717, 1.165) is 38.6 Å². The standard InChI is InChI=1S/C20H31N3O3.HI/c1-4-21-20(22-12-16(2)19(24)25-3)23-11-10-18(13-23)15-26-14-17-8-6-5-7-9-17;/h5-9,16,18H,4,10-15H2,1-3H3,(H,21,22);1H. The summed E-state index contributed by atoms with van der Waals surface area (Å²) in [5.74, 6) is 0.911. The maximum Gasteiger partial charge on any atom is 0.310 e. The molecule has 2 rings (SSSR count). The molecule has 2 unspecified atom stereocenters. The monoisotopic (exact) mass is 489 g/mol. The number of carbonyl (C=O) groups is 1. The first kappa shape index (κ1) is 23.7. The highest BCUT2D eigenvalue weighted by molar-refractivity contribution is 14.0. The van der Waals surface area contributed by atoms with E-state index < -0.39 is 0 Å². The molecule has 1 saturated heterocycles. The van der Waals surface area contributed by atoms with Gasteiger partial charge in [-0.1, -0.05) is 37.3 Å². The number of halogens is 1. The lowest BCUT2D eigenvalue weighted by Crippen LogP contribution is -2.40. The summed E-state index contributed by atoms with van der Waals surface area (Å²) in [5, 5.41) is 3.32. The van der Waals surface area contributed by atoms with Crippen LogP contribution < -0.4 is 5.32 Å². The predicted octanol–water partition coefficient (Wildman–Crippen LogP) is 2.92. The average Bonchev–Trinajstić information content (AvgIpc) is 3.13. The number of likely N-dealkylation sites (tertiary alicyclic amines) is 1. The van der Waals surface area contributed by atoms with E-state index in [-0.39, 0.29) is 35.9 Å². The zero-order valence-electron chi connectivity index (χ0n) is 16.5. The number of nitrogens with one attached hydrogen (secondary N) is 1. The molecule has 1 fully saturated rings. The Bertz CT molecular complexity index is 583. The molecule has 1 N–H and O–H groups in total. The van der Waals surface area contributed by atoms with Gasteiger partial charge in [0.05, 0.1) is 32.8 Å². The summed E-state index contributed by atoms with van der Waals surface area (Å²) in [6.45, 7) is 8.41. The second kappa shape index (κ2) is 12.9. The highest BCUT2D eigenvalue weighted by atomic mass is 127. The highest BCUT2D eigenvalue weighted by Crippen LogP contribution is 2.17. The Hall–Kier alpha value is -1.35. The van der Waals surface area contributed by atoms with Crippen LogP contribution in [0.15, 0.2) is 35.3 Å². The van der Waals surface area contributed by atoms with Crippen LogP contribution in [0.25, 0.3) is 0 Å². The van der Waals surface area contributed by atoms with Gasteiger partial charge in [-0.3, -0.25) is 9.79 Å². The van der Waals surface area contributed by atoms with Gasteiger partial charge in [0.2, 0.25) is 0 Å². The Kier molecular flexibility index (Phi) is 11.3. The fraction of sp³-hybridized carbons (Fsp3) is 0.600. The van der Waals surface area contributed by atoms with Gasteiger partial charge in [-0.25, -0.2) is 0 Å². The van der Waals surface area contributed by atoms with Crippen LogP contribution >= 0.6 is 24.0 Å². The third kappa shape index (κ3) is 8.04. The quantitative estimate of drug-likeness (QED) is 0.264. The van der Waals surface area contributed by atoms with E-state index in [9.17, 15) is 4.79 Å². The first-order valence-corrected chi connectivity index (χ1v) is 9.36. The first-order chi connectivity index (χ1) is 12.6. The Morgan fingerprint density at radius 2 is 2.11 bits per heavy atom. The summed E-state index contributed by atoms with van der Waals surface area (Å²) in [6, 6.07) is 10.2. The highest BCUT2D eigenvalue weighted by Gasteiger charge is 2.25. The number of guanidine groups is 1. The zero-order valence-corrected chi connectivity index (χ0v) is 18.8. The number of methoxy groups -OCH3 is 1. The van der Waals surface area contributed by atoms with Crippen LogP contribution in [-0.4, -0.2) is 56.7 Å². The van der Waals surface area contributed by atoms with Crippen LogP contribution in [0.2, 0.25) is 0 Å². The molecule has 2 atom stereocenters. The number of ether oxygens (including phenoxy) is 2. The molecule has 1 aromatic rings. The summed E-state index contributed by atoms with van der Waals surface area (Å²) in [4.78, 5) is 18.4. The molecule has 152 valence electrons. The number of carbonyl (C=O) groups excluding carboxylic acids is 1. The van der Waals surface area contributed by atoms with Crippen molar-refractivity contribution in [2.24, 2.45) is 16.8 Å². The lowest BCUT2D eigenvalue weighted by atomic mass is 10.1. The molecule has 0 spiro atoms. The van der Waals surface area contributed by atoms with Crippen LogP contribution in [0.1, 0.15) is 25.8 Å². The fourth-order valence-electron chi connectivity index (χ4n) is 3.00. The number of aliphatic imine (C=N–C) groups is 1. The number of rotatable bonds is 8. The second-order valence-electron chi connectivity index (χ2n) is 6.72. The van der Waals surface area contributed by atoms with Crippen molar-refractivity contribution in [3.05, 3.63) is 35.9 Å². The number of hydrogen-bond acceptors (Lipinski definition) is 4. The normalized spacial score (nSPS) is 18.0. The zero-order chi connectivity index (χ0) is 18.8. The van der Waals surface area contributed by atoms with E-state index in [1.54, 1.807) is 0 Å². The van der Waals surface area contributed by atoms with Gasteiger partial charge >= 0.3 is 5.97 Å². The topological polar surface area (TPSA) is 63.2 Å². The van der Waals surface area contributed by atoms with Gasteiger partial charge in [0, 0.05) is 25.6 Å². The molecule has 27 heavy (non-hydrogen) atoms. The van der Waals surface area contributed by atoms with Gasteiger partial charge in [0.15, 0.2) is 5.96 Å². The van der Waals surface area contributed by atoms with Crippen LogP contribution in [-0.2, 0) is 20.9 Å². The minimum Gasteiger partial charge on any atom is -0.469 e. The average molecular weight is 489 g/mol. The molecule has 0 bridgehead atoms. The van der Waals surface area contributed by atoms with E-state index in [2.05, 4.69) is 34.3 Å². The van der Waals surface area contributed by atoms with E-state index in [0.29, 0.717) is 19.1 Å². The molecule has 0 aromatic heterocycles. The maximum atomic E-state index is 11.5. The van der Waals surface area contributed by atoms with Crippen molar-refractivity contribution >= 4 is 35.9 Å². The third-order valence-corrected chi connectivity index (χ3v) is 4.50. The molecule has 0 saturated carbocycles. The SMILES string of the molecule is CCNC(=NCC(C)C(=O)OC)N1CCC(COCc2ccccc2)C1.I. The summed E-state index contributed by atoms with van der Waals surface area (Å²) in [6.07, 6.45) is 1.09. The Morgan fingerprint density at radius 1 is 1.37 bits per heavy atom. The molecule has 1 heterocycles. The van der Waals surface area contributed by atoms with E-state index >= 15 is 0 Å². The molecule has 0 amide bonds. The van der Waals surface area contributed by atoms with Gasteiger partial charge in [0.25, 0.3) is 0 Å². The van der Waals surface area contributed by atoms with Gasteiger partial charge in [-0.2, -0.15) is 0 Å². The van der Waals surface area contributed by atoms with E-state index in [1.165, 1.54) is 12.7 Å². The Labute approximate surface area is 179 Å². The van der Waals surface area contributed by atoms with Crippen molar-refractivity contribution in [1.82, 2.24) is 10.2 Å².